The van der Waals surface area contributed by atoms with E-state index in [0.29, 0.717) is 12.5 Å². The molecule has 0 fully saturated rings. The fourth-order valence-corrected chi connectivity index (χ4v) is 0.607. The van der Waals surface area contributed by atoms with Gasteiger partial charge in [0, 0.05) is 13.2 Å². The fraction of sp³-hybridized carbons (Fsp3) is 1.00. The molecule has 0 spiro atoms. The second kappa shape index (κ2) is 7.98. The van der Waals surface area contributed by atoms with Crippen molar-refractivity contribution in [3.8, 4) is 0 Å². The first-order valence-corrected chi connectivity index (χ1v) is 4.19. The Labute approximate surface area is 69.0 Å². The van der Waals surface area contributed by atoms with Crippen LogP contribution in [0.5, 0.6) is 0 Å². The van der Waals surface area contributed by atoms with Crippen LogP contribution >= 0.6 is 0 Å². The van der Waals surface area contributed by atoms with E-state index in [4.69, 9.17) is 9.57 Å². The maximum atomic E-state index is 5.30. The Morgan fingerprint density at radius 2 is 2.09 bits per heavy atom. The van der Waals surface area contributed by atoms with E-state index in [1.165, 1.54) is 0 Å². The Morgan fingerprint density at radius 1 is 1.36 bits per heavy atom. The van der Waals surface area contributed by atoms with Crippen LogP contribution in [-0.2, 0) is 9.57 Å². The summed E-state index contributed by atoms with van der Waals surface area (Å²) in [5.74, 6) is 0.613. The number of nitrogens with one attached hydrogen (secondary N) is 1. The first-order valence-electron chi connectivity index (χ1n) is 4.19. The molecule has 0 aromatic heterocycles. The first-order chi connectivity index (χ1) is 5.27. The van der Waals surface area contributed by atoms with Gasteiger partial charge in [-0.05, 0) is 12.8 Å². The Kier molecular flexibility index (Phi) is 7.89. The molecule has 3 nitrogen and oxygen atoms in total. The fourth-order valence-electron chi connectivity index (χ4n) is 0.607. The molecule has 1 N–H and O–H groups in total. The molecule has 0 aromatic rings. The number of hydrogen-bond acceptors (Lipinski definition) is 3. The second-order valence-corrected chi connectivity index (χ2v) is 2.80. The summed E-state index contributed by atoms with van der Waals surface area (Å²) in [4.78, 5) is 4.91. The van der Waals surface area contributed by atoms with Crippen molar-refractivity contribution < 1.29 is 9.57 Å². The van der Waals surface area contributed by atoms with Crippen molar-refractivity contribution in [1.82, 2.24) is 5.48 Å². The number of hydrogen-bond donors (Lipinski definition) is 1. The summed E-state index contributed by atoms with van der Waals surface area (Å²) >= 11 is 0. The average molecular weight is 161 g/mol. The Hall–Kier alpha value is -0.120. The zero-order chi connectivity index (χ0) is 8.53. The zero-order valence-electron chi connectivity index (χ0n) is 7.72. The molecular formula is C8H19NO2. The lowest BCUT2D eigenvalue weighted by Crippen LogP contribution is -2.20. The molecule has 0 atom stereocenters. The van der Waals surface area contributed by atoms with Gasteiger partial charge >= 0.3 is 0 Å². The minimum atomic E-state index is 0.613. The quantitative estimate of drug-likeness (QED) is 0.449. The van der Waals surface area contributed by atoms with Crippen molar-refractivity contribution >= 4 is 0 Å². The highest BCUT2D eigenvalue weighted by Gasteiger charge is 1.92. The third kappa shape index (κ3) is 9.88. The topological polar surface area (TPSA) is 30.5 Å². The van der Waals surface area contributed by atoms with Crippen LogP contribution in [0.1, 0.15) is 20.8 Å². The van der Waals surface area contributed by atoms with Crippen molar-refractivity contribution in [2.75, 3.05) is 26.4 Å². The predicted octanol–water partition coefficient (Wildman–Crippen LogP) is 1.20. The van der Waals surface area contributed by atoms with E-state index in [1.54, 1.807) is 0 Å². The molecule has 0 bridgehead atoms. The van der Waals surface area contributed by atoms with Crippen LogP contribution < -0.4 is 5.48 Å². The number of hydroxylamine groups is 1. The van der Waals surface area contributed by atoms with Gasteiger partial charge in [-0.15, -0.1) is 0 Å². The molecule has 0 radical (unpaired) electrons. The van der Waals surface area contributed by atoms with E-state index >= 15 is 0 Å². The van der Waals surface area contributed by atoms with Gasteiger partial charge in [-0.1, -0.05) is 13.8 Å². The summed E-state index contributed by atoms with van der Waals surface area (Å²) in [6.07, 6.45) is 0. The SMILES string of the molecule is CCONCCOCC(C)C. The van der Waals surface area contributed by atoms with Gasteiger partial charge in [-0.25, -0.2) is 5.48 Å². The maximum Gasteiger partial charge on any atom is 0.0653 e. The van der Waals surface area contributed by atoms with E-state index in [0.717, 1.165) is 19.8 Å². The van der Waals surface area contributed by atoms with Crippen LogP contribution in [0.15, 0.2) is 0 Å². The third-order valence-electron chi connectivity index (χ3n) is 1.05. The molecule has 0 saturated heterocycles. The summed E-state index contributed by atoms with van der Waals surface area (Å²) in [5.41, 5.74) is 2.78. The summed E-state index contributed by atoms with van der Waals surface area (Å²) in [6, 6.07) is 0. The summed E-state index contributed by atoms with van der Waals surface area (Å²) < 4.78 is 5.30. The van der Waals surface area contributed by atoms with Gasteiger partial charge in [0.25, 0.3) is 0 Å². The zero-order valence-corrected chi connectivity index (χ0v) is 7.72. The predicted molar refractivity (Wildman–Crippen MR) is 45.3 cm³/mol. The molecule has 0 aliphatic carbocycles. The molecule has 0 aliphatic heterocycles. The highest BCUT2D eigenvalue weighted by Crippen LogP contribution is 1.90. The highest BCUT2D eigenvalue weighted by molar-refractivity contribution is 4.40. The lowest BCUT2D eigenvalue weighted by atomic mass is 10.2. The highest BCUT2D eigenvalue weighted by atomic mass is 16.6. The van der Waals surface area contributed by atoms with E-state index in [2.05, 4.69) is 19.3 Å². The minimum absolute atomic E-state index is 0.613. The van der Waals surface area contributed by atoms with E-state index < -0.39 is 0 Å². The van der Waals surface area contributed by atoms with Crippen molar-refractivity contribution in [2.24, 2.45) is 5.92 Å². The Balaban J connectivity index is 2.80. The van der Waals surface area contributed by atoms with Crippen LogP contribution in [0.3, 0.4) is 0 Å². The second-order valence-electron chi connectivity index (χ2n) is 2.80. The Bertz CT molecular complexity index is 76.5. The van der Waals surface area contributed by atoms with Crippen LogP contribution in [0, 0.1) is 5.92 Å². The molecule has 68 valence electrons. The largest absolute Gasteiger partial charge is 0.380 e. The van der Waals surface area contributed by atoms with E-state index in [1.807, 2.05) is 6.92 Å². The van der Waals surface area contributed by atoms with Crippen LogP contribution in [0.25, 0.3) is 0 Å². The van der Waals surface area contributed by atoms with Crippen molar-refractivity contribution in [3.05, 3.63) is 0 Å². The molecular weight excluding hydrogens is 142 g/mol. The smallest absolute Gasteiger partial charge is 0.0653 e. The average Bonchev–Trinajstić information content (AvgIpc) is 1.96. The van der Waals surface area contributed by atoms with Crippen LogP contribution in [-0.4, -0.2) is 26.4 Å². The van der Waals surface area contributed by atoms with Gasteiger partial charge < -0.3 is 9.57 Å². The first kappa shape index (κ1) is 10.9. The van der Waals surface area contributed by atoms with E-state index in [9.17, 15) is 0 Å². The summed E-state index contributed by atoms with van der Waals surface area (Å²) in [5, 5.41) is 0. The van der Waals surface area contributed by atoms with Crippen molar-refractivity contribution in [3.63, 3.8) is 0 Å². The normalized spacial score (nSPS) is 10.9. The lowest BCUT2D eigenvalue weighted by molar-refractivity contribution is 0.0236. The molecule has 0 rings (SSSR count). The molecule has 11 heavy (non-hydrogen) atoms. The standard InChI is InChI=1S/C8H19NO2/c1-4-11-9-5-6-10-7-8(2)3/h8-9H,4-7H2,1-3H3. The van der Waals surface area contributed by atoms with Crippen molar-refractivity contribution in [1.29, 1.82) is 0 Å². The maximum absolute atomic E-state index is 5.30. The van der Waals surface area contributed by atoms with E-state index in [-0.39, 0.29) is 0 Å². The Morgan fingerprint density at radius 3 is 2.64 bits per heavy atom. The van der Waals surface area contributed by atoms with Gasteiger partial charge in [0.1, 0.15) is 0 Å². The summed E-state index contributed by atoms with van der Waals surface area (Å²) in [6.45, 7) is 9.23. The van der Waals surface area contributed by atoms with Crippen molar-refractivity contribution in [2.45, 2.75) is 20.8 Å². The van der Waals surface area contributed by atoms with Crippen LogP contribution in [0.2, 0.25) is 0 Å². The molecule has 0 unspecified atom stereocenters. The third-order valence-corrected chi connectivity index (χ3v) is 1.05. The number of ether oxygens (including phenoxy) is 1. The molecule has 3 heteroatoms. The van der Waals surface area contributed by atoms with Gasteiger partial charge in [-0.3, -0.25) is 0 Å². The molecule has 0 saturated carbocycles. The van der Waals surface area contributed by atoms with Gasteiger partial charge in [0.05, 0.1) is 13.2 Å². The molecule has 0 aliphatic rings. The molecule has 0 aromatic carbocycles. The summed E-state index contributed by atoms with van der Waals surface area (Å²) in [7, 11) is 0. The van der Waals surface area contributed by atoms with Crippen LogP contribution in [0.4, 0.5) is 0 Å². The van der Waals surface area contributed by atoms with Gasteiger partial charge in [-0.2, -0.15) is 0 Å². The molecule has 0 heterocycles. The monoisotopic (exact) mass is 161 g/mol. The molecule has 0 amide bonds. The lowest BCUT2D eigenvalue weighted by Gasteiger charge is -2.06. The van der Waals surface area contributed by atoms with Gasteiger partial charge in [0.2, 0.25) is 0 Å². The van der Waals surface area contributed by atoms with Gasteiger partial charge in [0.15, 0.2) is 0 Å². The number of rotatable bonds is 7. The minimum Gasteiger partial charge on any atom is -0.380 e.